The molecular formula is C29H33N9O2S. The van der Waals surface area contributed by atoms with Gasteiger partial charge in [-0.1, -0.05) is 11.3 Å². The lowest BCUT2D eigenvalue weighted by atomic mass is 10.1. The molecule has 2 aliphatic heterocycles. The van der Waals surface area contributed by atoms with Crippen LogP contribution in [-0.4, -0.2) is 72.6 Å². The van der Waals surface area contributed by atoms with Crippen molar-refractivity contribution in [2.45, 2.75) is 71.2 Å². The summed E-state index contributed by atoms with van der Waals surface area (Å²) in [6, 6.07) is 10.2. The molecule has 2 aliphatic rings. The second-order valence-corrected chi connectivity index (χ2v) is 12.8. The van der Waals surface area contributed by atoms with Crippen molar-refractivity contribution < 1.29 is 9.53 Å². The van der Waals surface area contributed by atoms with Gasteiger partial charge in [-0.3, -0.25) is 9.88 Å². The maximum Gasteiger partial charge on any atom is 0.410 e. The highest BCUT2D eigenvalue weighted by atomic mass is 32.1. The second kappa shape index (κ2) is 10.3. The molecule has 2 fully saturated rings. The molecule has 2 unspecified atom stereocenters. The van der Waals surface area contributed by atoms with Gasteiger partial charge in [-0.2, -0.15) is 10.4 Å². The third-order valence-corrected chi connectivity index (χ3v) is 8.26. The molecular weight excluding hydrogens is 538 g/mol. The Morgan fingerprint density at radius 2 is 1.90 bits per heavy atom. The summed E-state index contributed by atoms with van der Waals surface area (Å²) < 4.78 is 7.48. The van der Waals surface area contributed by atoms with Crippen molar-refractivity contribution in [3.63, 3.8) is 0 Å². The summed E-state index contributed by atoms with van der Waals surface area (Å²) in [7, 11) is 0. The number of fused-ring (bicyclic) bond motifs is 3. The van der Waals surface area contributed by atoms with E-state index in [0.29, 0.717) is 18.7 Å². The topological polar surface area (TPSA) is 125 Å². The number of carbonyl (C=O) groups is 1. The first-order valence-corrected chi connectivity index (χ1v) is 14.7. The van der Waals surface area contributed by atoms with E-state index >= 15 is 0 Å². The Morgan fingerprint density at radius 1 is 1.15 bits per heavy atom. The van der Waals surface area contributed by atoms with Gasteiger partial charge in [-0.15, -0.1) is 10.2 Å². The first-order valence-electron chi connectivity index (χ1n) is 13.8. The fraction of sp³-hybridized carbons (Fsp3) is 0.448. The lowest BCUT2D eigenvalue weighted by Gasteiger charge is -2.41. The maximum absolute atomic E-state index is 12.9. The molecule has 0 aromatic carbocycles. The zero-order valence-electron chi connectivity index (χ0n) is 23.8. The molecule has 6 rings (SSSR count). The molecule has 2 atom stereocenters. The largest absolute Gasteiger partial charge is 0.444 e. The van der Waals surface area contributed by atoms with Crippen LogP contribution >= 0.6 is 11.3 Å². The number of piperazine rings is 1. The van der Waals surface area contributed by atoms with E-state index in [0.717, 1.165) is 51.1 Å². The van der Waals surface area contributed by atoms with E-state index in [2.05, 4.69) is 45.4 Å². The van der Waals surface area contributed by atoms with Crippen LogP contribution in [0.25, 0.3) is 27.5 Å². The zero-order valence-corrected chi connectivity index (χ0v) is 24.6. The molecule has 2 saturated heterocycles. The highest BCUT2D eigenvalue weighted by molar-refractivity contribution is 7.18. The summed E-state index contributed by atoms with van der Waals surface area (Å²) in [5, 5.41) is 27.9. The van der Waals surface area contributed by atoms with Crippen molar-refractivity contribution in [3.8, 4) is 28.0 Å². The fourth-order valence-electron chi connectivity index (χ4n) is 5.57. The third-order valence-electron chi connectivity index (χ3n) is 7.24. The second-order valence-electron chi connectivity index (χ2n) is 11.9. The molecule has 0 spiro atoms. The number of hydrogen-bond acceptors (Lipinski definition) is 10. The Kier molecular flexibility index (Phi) is 6.77. The van der Waals surface area contributed by atoms with E-state index in [1.165, 1.54) is 11.3 Å². The monoisotopic (exact) mass is 571 g/mol. The summed E-state index contributed by atoms with van der Waals surface area (Å²) in [5.74, 6) is 0. The third kappa shape index (κ3) is 5.29. The van der Waals surface area contributed by atoms with Crippen LogP contribution in [0.2, 0.25) is 0 Å². The van der Waals surface area contributed by atoms with Crippen LogP contribution in [0.3, 0.4) is 0 Å². The minimum atomic E-state index is -0.515. The number of nitriles is 1. The summed E-state index contributed by atoms with van der Waals surface area (Å²) in [4.78, 5) is 21.8. The van der Waals surface area contributed by atoms with Crippen LogP contribution in [-0.2, 0) is 4.74 Å². The Morgan fingerprint density at radius 3 is 2.59 bits per heavy atom. The van der Waals surface area contributed by atoms with Crippen LogP contribution in [0.4, 0.5) is 15.6 Å². The van der Waals surface area contributed by atoms with E-state index in [9.17, 15) is 10.1 Å². The lowest BCUT2D eigenvalue weighted by Crippen LogP contribution is -2.56. The van der Waals surface area contributed by atoms with E-state index < -0.39 is 5.60 Å². The lowest BCUT2D eigenvalue weighted by molar-refractivity contribution is 0.0123. The Labute approximate surface area is 242 Å². The average molecular weight is 572 g/mol. The molecule has 0 aliphatic carbocycles. The summed E-state index contributed by atoms with van der Waals surface area (Å²) >= 11 is 1.54. The van der Waals surface area contributed by atoms with Gasteiger partial charge in [0.1, 0.15) is 11.7 Å². The number of hydrogen-bond donors (Lipinski definition) is 1. The smallest absolute Gasteiger partial charge is 0.410 e. The van der Waals surface area contributed by atoms with Gasteiger partial charge in [0.15, 0.2) is 5.01 Å². The van der Waals surface area contributed by atoms with Crippen LogP contribution in [0.1, 0.15) is 53.0 Å². The Hall–Kier alpha value is -4.24. The number of ether oxygens (including phenoxy) is 1. The molecule has 4 aromatic heterocycles. The first-order chi connectivity index (χ1) is 19.6. The molecule has 0 radical (unpaired) electrons. The molecule has 2 bridgehead atoms. The van der Waals surface area contributed by atoms with Crippen LogP contribution < -0.4 is 10.2 Å². The molecule has 11 nitrogen and oxygen atoms in total. The SMILES string of the molecule is CC(C)Nc1cc(-c2ccc3cc(C#N)cnn23)ncc1-c1nnc(N2CC3CCC(C2)N3C(=O)OC(C)(C)C)s1. The molecule has 41 heavy (non-hydrogen) atoms. The summed E-state index contributed by atoms with van der Waals surface area (Å²) in [5.41, 5.74) is 4.21. The number of pyridine rings is 1. The highest BCUT2D eigenvalue weighted by Crippen LogP contribution is 2.39. The molecule has 12 heteroatoms. The minimum absolute atomic E-state index is 0.102. The van der Waals surface area contributed by atoms with Gasteiger partial charge < -0.3 is 15.0 Å². The van der Waals surface area contributed by atoms with Crippen molar-refractivity contribution in [1.82, 2.24) is 29.7 Å². The van der Waals surface area contributed by atoms with Gasteiger partial charge in [0.25, 0.3) is 0 Å². The van der Waals surface area contributed by atoms with Gasteiger partial charge in [-0.25, -0.2) is 9.31 Å². The summed E-state index contributed by atoms with van der Waals surface area (Å²) in [6.07, 6.45) is 5.08. The van der Waals surface area contributed by atoms with E-state index in [4.69, 9.17) is 9.72 Å². The van der Waals surface area contributed by atoms with Gasteiger partial charge >= 0.3 is 6.09 Å². The highest BCUT2D eigenvalue weighted by Gasteiger charge is 2.45. The Bertz CT molecular complexity index is 1630. The number of rotatable bonds is 5. The molecule has 212 valence electrons. The Balaban J connectivity index is 1.26. The van der Waals surface area contributed by atoms with Gasteiger partial charge in [-0.05, 0) is 71.7 Å². The van der Waals surface area contributed by atoms with Crippen molar-refractivity contribution in [2.24, 2.45) is 0 Å². The van der Waals surface area contributed by atoms with Crippen molar-refractivity contribution in [3.05, 3.63) is 42.2 Å². The zero-order chi connectivity index (χ0) is 28.9. The molecule has 6 heterocycles. The summed E-state index contributed by atoms with van der Waals surface area (Å²) in [6.45, 7) is 11.3. The van der Waals surface area contributed by atoms with E-state index in [1.54, 1.807) is 16.8 Å². The van der Waals surface area contributed by atoms with Crippen LogP contribution in [0, 0.1) is 11.3 Å². The van der Waals surface area contributed by atoms with Crippen LogP contribution in [0.5, 0.6) is 0 Å². The number of amides is 1. The van der Waals surface area contributed by atoms with Crippen molar-refractivity contribution in [2.75, 3.05) is 23.3 Å². The molecule has 0 saturated carbocycles. The van der Waals surface area contributed by atoms with Crippen molar-refractivity contribution >= 4 is 33.8 Å². The number of nitrogens with one attached hydrogen (secondary N) is 1. The normalized spacial score (nSPS) is 18.7. The number of aromatic nitrogens is 5. The van der Waals surface area contributed by atoms with Gasteiger partial charge in [0, 0.05) is 31.0 Å². The predicted molar refractivity (Wildman–Crippen MR) is 158 cm³/mol. The maximum atomic E-state index is 12.9. The number of anilines is 2. The predicted octanol–water partition coefficient (Wildman–Crippen LogP) is 5.19. The number of carbonyl (C=O) groups excluding carboxylic acids is 1. The van der Waals surface area contributed by atoms with E-state index in [-0.39, 0.29) is 24.2 Å². The minimum Gasteiger partial charge on any atom is -0.444 e. The molecule has 4 aromatic rings. The quantitative estimate of drug-likeness (QED) is 0.344. The van der Waals surface area contributed by atoms with Crippen molar-refractivity contribution in [1.29, 1.82) is 5.26 Å². The number of nitrogens with zero attached hydrogens (tertiary/aromatic N) is 8. The standard InChI is InChI=1S/C29H33N9O2S/c1-17(2)33-23-11-24(25-9-8-19-10-18(12-30)13-32-38(19)25)31-14-22(23)26-34-35-27(41-26)36-15-20-6-7-21(16-36)37(20)28(39)40-29(3,4)5/h8-11,13-14,17,20-21H,6-7,15-16H2,1-5H3,(H,31,33). The van der Waals surface area contributed by atoms with E-state index in [1.807, 2.05) is 50.1 Å². The van der Waals surface area contributed by atoms with Gasteiger partial charge in [0.2, 0.25) is 5.13 Å². The first kappa shape index (κ1) is 27.0. The fourth-order valence-corrected chi connectivity index (χ4v) is 6.46. The van der Waals surface area contributed by atoms with Gasteiger partial charge in [0.05, 0.1) is 46.3 Å². The average Bonchev–Trinajstić information content (AvgIpc) is 3.63. The van der Waals surface area contributed by atoms with Crippen LogP contribution in [0.15, 0.2) is 36.7 Å². The molecule has 1 N–H and O–H groups in total. The molecule has 1 amide bonds.